The van der Waals surface area contributed by atoms with E-state index in [1.54, 1.807) is 0 Å². The van der Waals surface area contributed by atoms with E-state index in [1.807, 2.05) is 38.2 Å². The Morgan fingerprint density at radius 3 is 2.58 bits per heavy atom. The fourth-order valence-electron chi connectivity index (χ4n) is 1.82. The highest BCUT2D eigenvalue weighted by Gasteiger charge is 2.08. The van der Waals surface area contributed by atoms with Gasteiger partial charge in [-0.25, -0.2) is 4.98 Å². The van der Waals surface area contributed by atoms with Gasteiger partial charge in [0.1, 0.15) is 5.82 Å². The molecule has 1 heterocycles. The molecule has 0 spiro atoms. The van der Waals surface area contributed by atoms with Crippen molar-refractivity contribution in [1.82, 2.24) is 9.97 Å². The van der Waals surface area contributed by atoms with Crippen LogP contribution in [0.5, 0.6) is 0 Å². The van der Waals surface area contributed by atoms with Gasteiger partial charge in [-0.15, -0.1) is 0 Å². The molecule has 1 N–H and O–H groups in total. The molecule has 0 amide bonds. The van der Waals surface area contributed by atoms with Crippen molar-refractivity contribution in [2.24, 2.45) is 0 Å². The number of hydrogen-bond acceptors (Lipinski definition) is 4. The summed E-state index contributed by atoms with van der Waals surface area (Å²) in [6.07, 6.45) is 1.06. The molecule has 1 aromatic carbocycles. The summed E-state index contributed by atoms with van der Waals surface area (Å²) in [5.41, 5.74) is 2.08. The predicted octanol–water partition coefficient (Wildman–Crippen LogP) is 3.37. The van der Waals surface area contributed by atoms with Gasteiger partial charge >= 0.3 is 0 Å². The molecule has 4 heteroatoms. The van der Waals surface area contributed by atoms with Gasteiger partial charge in [0.25, 0.3) is 0 Å². The number of aryl methyl sites for hydroxylation is 1. The largest absolute Gasteiger partial charge is 0.354 e. The van der Waals surface area contributed by atoms with Crippen LogP contribution in [0.15, 0.2) is 36.4 Å². The summed E-state index contributed by atoms with van der Waals surface area (Å²) < 4.78 is 0. The predicted molar refractivity (Wildman–Crippen MR) is 80.1 cm³/mol. The van der Waals surface area contributed by atoms with Gasteiger partial charge in [0, 0.05) is 31.0 Å². The Bertz CT molecular complexity index is 525. The molecule has 2 rings (SSSR count). The van der Waals surface area contributed by atoms with E-state index >= 15 is 0 Å². The number of rotatable bonds is 5. The fourth-order valence-corrected chi connectivity index (χ4v) is 1.82. The smallest absolute Gasteiger partial charge is 0.224 e. The van der Waals surface area contributed by atoms with E-state index in [-0.39, 0.29) is 0 Å². The Kier molecular flexibility index (Phi) is 4.34. The van der Waals surface area contributed by atoms with Crippen molar-refractivity contribution in [2.45, 2.75) is 20.3 Å². The molecule has 0 saturated carbocycles. The lowest BCUT2D eigenvalue weighted by Crippen LogP contribution is -2.14. The molecule has 0 saturated heterocycles. The molecule has 0 aliphatic carbocycles. The third-order valence-corrected chi connectivity index (χ3v) is 2.86. The van der Waals surface area contributed by atoms with E-state index in [0.717, 1.165) is 30.2 Å². The van der Waals surface area contributed by atoms with Crippen LogP contribution in [0.25, 0.3) is 0 Å². The van der Waals surface area contributed by atoms with Crippen LogP contribution in [0.4, 0.5) is 17.5 Å². The van der Waals surface area contributed by atoms with E-state index in [2.05, 4.69) is 39.2 Å². The van der Waals surface area contributed by atoms with Gasteiger partial charge in [-0.3, -0.25) is 0 Å². The van der Waals surface area contributed by atoms with Crippen molar-refractivity contribution in [2.75, 3.05) is 23.8 Å². The summed E-state index contributed by atoms with van der Waals surface area (Å²) in [6.45, 7) is 5.00. The van der Waals surface area contributed by atoms with Gasteiger partial charge in [-0.05, 0) is 25.5 Å². The molecule has 0 bridgehead atoms. The molecule has 0 aliphatic heterocycles. The normalized spacial score (nSPS) is 10.3. The highest BCUT2D eigenvalue weighted by Crippen LogP contribution is 2.22. The summed E-state index contributed by atoms with van der Waals surface area (Å²) in [4.78, 5) is 11.0. The topological polar surface area (TPSA) is 41.1 Å². The van der Waals surface area contributed by atoms with Crippen molar-refractivity contribution in [1.29, 1.82) is 0 Å². The molecular weight excluding hydrogens is 236 g/mol. The van der Waals surface area contributed by atoms with Crippen LogP contribution in [0.1, 0.15) is 19.0 Å². The average Bonchev–Trinajstić information content (AvgIpc) is 2.44. The Balaban J connectivity index is 2.26. The average molecular weight is 256 g/mol. The van der Waals surface area contributed by atoms with Crippen molar-refractivity contribution < 1.29 is 0 Å². The van der Waals surface area contributed by atoms with Crippen LogP contribution in [-0.2, 0) is 0 Å². The van der Waals surface area contributed by atoms with Crippen LogP contribution < -0.4 is 10.2 Å². The van der Waals surface area contributed by atoms with Crippen molar-refractivity contribution in [3.8, 4) is 0 Å². The van der Waals surface area contributed by atoms with Gasteiger partial charge in [-0.1, -0.05) is 25.1 Å². The molecule has 0 atom stereocenters. The van der Waals surface area contributed by atoms with E-state index in [4.69, 9.17) is 0 Å². The number of aromatic nitrogens is 2. The molecule has 4 nitrogen and oxygen atoms in total. The maximum Gasteiger partial charge on any atom is 0.224 e. The number of nitrogens with zero attached hydrogens (tertiary/aromatic N) is 3. The first-order valence-electron chi connectivity index (χ1n) is 6.59. The SMILES string of the molecule is CCCNc1nc(C)cc(N(C)c2ccccc2)n1. The van der Waals surface area contributed by atoms with E-state index in [0.29, 0.717) is 5.95 Å². The molecule has 19 heavy (non-hydrogen) atoms. The maximum atomic E-state index is 4.55. The van der Waals surface area contributed by atoms with Gasteiger partial charge in [-0.2, -0.15) is 4.98 Å². The third-order valence-electron chi connectivity index (χ3n) is 2.86. The molecule has 0 fully saturated rings. The standard InChI is InChI=1S/C15H20N4/c1-4-10-16-15-17-12(2)11-14(18-15)19(3)13-8-6-5-7-9-13/h5-9,11H,4,10H2,1-3H3,(H,16,17,18). The first-order valence-corrected chi connectivity index (χ1v) is 6.59. The fraction of sp³-hybridized carbons (Fsp3) is 0.333. The zero-order valence-electron chi connectivity index (χ0n) is 11.7. The molecule has 1 aromatic heterocycles. The zero-order valence-corrected chi connectivity index (χ0v) is 11.7. The number of hydrogen-bond donors (Lipinski definition) is 1. The summed E-state index contributed by atoms with van der Waals surface area (Å²) >= 11 is 0. The minimum Gasteiger partial charge on any atom is -0.354 e. The number of benzene rings is 1. The van der Waals surface area contributed by atoms with Crippen molar-refractivity contribution >= 4 is 17.5 Å². The van der Waals surface area contributed by atoms with Crippen LogP contribution in [0, 0.1) is 6.92 Å². The Hall–Kier alpha value is -2.10. The van der Waals surface area contributed by atoms with Gasteiger partial charge in [0.05, 0.1) is 0 Å². The molecule has 100 valence electrons. The van der Waals surface area contributed by atoms with Crippen LogP contribution in [0.3, 0.4) is 0 Å². The van der Waals surface area contributed by atoms with Gasteiger partial charge in [0.2, 0.25) is 5.95 Å². The van der Waals surface area contributed by atoms with Crippen molar-refractivity contribution in [3.05, 3.63) is 42.1 Å². The number of para-hydroxylation sites is 1. The maximum absolute atomic E-state index is 4.55. The summed E-state index contributed by atoms with van der Waals surface area (Å²) in [6, 6.07) is 12.2. The summed E-state index contributed by atoms with van der Waals surface area (Å²) in [5.74, 6) is 1.59. The third kappa shape index (κ3) is 3.44. The number of nitrogens with one attached hydrogen (secondary N) is 1. The molecule has 0 radical (unpaired) electrons. The lowest BCUT2D eigenvalue weighted by atomic mass is 10.3. The molecule has 0 unspecified atom stereocenters. The second-order valence-corrected chi connectivity index (χ2v) is 4.51. The Labute approximate surface area is 114 Å². The van der Waals surface area contributed by atoms with Crippen LogP contribution in [-0.4, -0.2) is 23.6 Å². The monoisotopic (exact) mass is 256 g/mol. The quantitative estimate of drug-likeness (QED) is 0.890. The highest BCUT2D eigenvalue weighted by molar-refractivity contribution is 5.60. The van der Waals surface area contributed by atoms with E-state index in [1.165, 1.54) is 0 Å². The first-order chi connectivity index (χ1) is 9.20. The molecule has 2 aromatic rings. The van der Waals surface area contributed by atoms with Crippen LogP contribution >= 0.6 is 0 Å². The first kappa shape index (κ1) is 13.3. The van der Waals surface area contributed by atoms with E-state index in [9.17, 15) is 0 Å². The Morgan fingerprint density at radius 2 is 1.89 bits per heavy atom. The minimum absolute atomic E-state index is 0.694. The second kappa shape index (κ2) is 6.18. The minimum atomic E-state index is 0.694. The van der Waals surface area contributed by atoms with E-state index < -0.39 is 0 Å². The lowest BCUT2D eigenvalue weighted by molar-refractivity contribution is 0.941. The second-order valence-electron chi connectivity index (χ2n) is 4.51. The molecular formula is C15H20N4. The highest BCUT2D eigenvalue weighted by atomic mass is 15.2. The Morgan fingerprint density at radius 1 is 1.16 bits per heavy atom. The lowest BCUT2D eigenvalue weighted by Gasteiger charge is -2.19. The summed E-state index contributed by atoms with van der Waals surface area (Å²) in [7, 11) is 2.01. The van der Waals surface area contributed by atoms with Gasteiger partial charge in [0.15, 0.2) is 0 Å². The number of anilines is 3. The van der Waals surface area contributed by atoms with Crippen molar-refractivity contribution in [3.63, 3.8) is 0 Å². The summed E-state index contributed by atoms with van der Waals surface area (Å²) in [5, 5.41) is 3.23. The molecule has 0 aliphatic rings. The van der Waals surface area contributed by atoms with Crippen LogP contribution in [0.2, 0.25) is 0 Å². The zero-order chi connectivity index (χ0) is 13.7. The van der Waals surface area contributed by atoms with Gasteiger partial charge < -0.3 is 10.2 Å².